The zero-order chi connectivity index (χ0) is 16.8. The van der Waals surface area contributed by atoms with Gasteiger partial charge in [-0.2, -0.15) is 0 Å². The number of benzene rings is 2. The smallest absolute Gasteiger partial charge is 0.261 e. The summed E-state index contributed by atoms with van der Waals surface area (Å²) in [6.07, 6.45) is 0.779. The third-order valence-electron chi connectivity index (χ3n) is 4.17. The monoisotopic (exact) mass is 329 g/mol. The maximum Gasteiger partial charge on any atom is 0.261 e. The fraction of sp³-hybridized carbons (Fsp3) is 0.368. The first-order chi connectivity index (χ1) is 11.0. The molecule has 0 saturated carbocycles. The SMILES string of the molecule is CC(C)(C)[Si](OCCCNO)(c1ccccc1)c1ccccc1. The number of hydrogen-bond acceptors (Lipinski definition) is 3. The number of hydroxylamine groups is 1. The Morgan fingerprint density at radius 2 is 1.39 bits per heavy atom. The first-order valence-electron chi connectivity index (χ1n) is 8.14. The predicted octanol–water partition coefficient (Wildman–Crippen LogP) is 2.93. The largest absolute Gasteiger partial charge is 0.407 e. The van der Waals surface area contributed by atoms with Gasteiger partial charge in [0, 0.05) is 13.2 Å². The summed E-state index contributed by atoms with van der Waals surface area (Å²) in [5.74, 6) is 0. The van der Waals surface area contributed by atoms with E-state index in [1.54, 1.807) is 0 Å². The minimum Gasteiger partial charge on any atom is -0.407 e. The highest BCUT2D eigenvalue weighted by molar-refractivity contribution is 6.99. The predicted molar refractivity (Wildman–Crippen MR) is 98.0 cm³/mol. The average molecular weight is 330 g/mol. The molecule has 0 radical (unpaired) electrons. The third kappa shape index (κ3) is 3.90. The highest BCUT2D eigenvalue weighted by Crippen LogP contribution is 2.36. The molecule has 0 saturated heterocycles. The fourth-order valence-electron chi connectivity index (χ4n) is 3.14. The van der Waals surface area contributed by atoms with Gasteiger partial charge in [-0.3, -0.25) is 0 Å². The lowest BCUT2D eigenvalue weighted by molar-refractivity contribution is 0.156. The second-order valence-corrected chi connectivity index (χ2v) is 11.1. The van der Waals surface area contributed by atoms with Gasteiger partial charge in [0.1, 0.15) is 0 Å². The minimum atomic E-state index is -2.41. The second-order valence-electron chi connectivity index (χ2n) is 6.77. The quantitative estimate of drug-likeness (QED) is 0.466. The highest BCUT2D eigenvalue weighted by atomic mass is 28.4. The van der Waals surface area contributed by atoms with Crippen LogP contribution in [0.25, 0.3) is 0 Å². The maximum atomic E-state index is 8.80. The van der Waals surface area contributed by atoms with Crippen molar-refractivity contribution in [2.24, 2.45) is 0 Å². The van der Waals surface area contributed by atoms with Crippen molar-refractivity contribution in [2.45, 2.75) is 32.2 Å². The zero-order valence-corrected chi connectivity index (χ0v) is 15.3. The van der Waals surface area contributed by atoms with Crippen molar-refractivity contribution in [2.75, 3.05) is 13.2 Å². The second kappa shape index (κ2) is 7.88. The van der Waals surface area contributed by atoms with E-state index in [4.69, 9.17) is 9.63 Å². The highest BCUT2D eigenvalue weighted by Gasteiger charge is 2.49. The molecule has 2 N–H and O–H groups in total. The molecule has 0 heterocycles. The lowest BCUT2D eigenvalue weighted by Crippen LogP contribution is -2.66. The normalized spacial score (nSPS) is 12.3. The Morgan fingerprint density at radius 3 is 1.78 bits per heavy atom. The van der Waals surface area contributed by atoms with Crippen LogP contribution in [0, 0.1) is 0 Å². The van der Waals surface area contributed by atoms with Crippen LogP contribution in [0.3, 0.4) is 0 Å². The van der Waals surface area contributed by atoms with Crippen LogP contribution >= 0.6 is 0 Å². The molecule has 0 amide bonds. The minimum absolute atomic E-state index is 0.00233. The average Bonchev–Trinajstić information content (AvgIpc) is 2.55. The van der Waals surface area contributed by atoms with Gasteiger partial charge >= 0.3 is 0 Å². The zero-order valence-electron chi connectivity index (χ0n) is 14.3. The maximum absolute atomic E-state index is 8.80. The van der Waals surface area contributed by atoms with E-state index in [1.165, 1.54) is 10.4 Å². The summed E-state index contributed by atoms with van der Waals surface area (Å²) in [5.41, 5.74) is 2.21. The molecule has 0 aliphatic carbocycles. The Labute approximate surface area is 140 Å². The molecular weight excluding hydrogens is 302 g/mol. The van der Waals surface area contributed by atoms with Crippen LogP contribution in [0.5, 0.6) is 0 Å². The van der Waals surface area contributed by atoms with Gasteiger partial charge in [-0.25, -0.2) is 5.48 Å². The Bertz CT molecular complexity index is 542. The van der Waals surface area contributed by atoms with Crippen molar-refractivity contribution in [3.8, 4) is 0 Å². The van der Waals surface area contributed by atoms with Gasteiger partial charge < -0.3 is 9.63 Å². The van der Waals surface area contributed by atoms with Gasteiger partial charge in [0.15, 0.2) is 0 Å². The Kier molecular flexibility index (Phi) is 6.13. The summed E-state index contributed by atoms with van der Waals surface area (Å²) in [6.45, 7) is 7.97. The van der Waals surface area contributed by atoms with Crippen LogP contribution in [0.1, 0.15) is 27.2 Å². The Balaban J connectivity index is 2.51. The van der Waals surface area contributed by atoms with Crippen LogP contribution in [-0.4, -0.2) is 26.7 Å². The van der Waals surface area contributed by atoms with Crippen molar-refractivity contribution in [3.05, 3.63) is 60.7 Å². The van der Waals surface area contributed by atoms with E-state index in [1.807, 2.05) is 12.1 Å². The summed E-state index contributed by atoms with van der Waals surface area (Å²) in [6, 6.07) is 21.2. The Hall–Kier alpha value is -1.46. The molecule has 0 atom stereocenters. The number of hydrogen-bond donors (Lipinski definition) is 2. The van der Waals surface area contributed by atoms with Gasteiger partial charge in [-0.05, 0) is 21.8 Å². The molecule has 4 heteroatoms. The summed E-state index contributed by atoms with van der Waals surface area (Å²) < 4.78 is 6.66. The number of rotatable bonds is 7. The van der Waals surface area contributed by atoms with Crippen LogP contribution in [0.2, 0.25) is 5.04 Å². The first-order valence-corrected chi connectivity index (χ1v) is 10.0. The van der Waals surface area contributed by atoms with Crippen molar-refractivity contribution in [1.82, 2.24) is 5.48 Å². The molecule has 0 spiro atoms. The lowest BCUT2D eigenvalue weighted by Gasteiger charge is -2.43. The number of nitrogens with one attached hydrogen (secondary N) is 1. The van der Waals surface area contributed by atoms with Crippen LogP contribution in [0.4, 0.5) is 0 Å². The van der Waals surface area contributed by atoms with Crippen LogP contribution in [-0.2, 0) is 4.43 Å². The molecule has 0 aliphatic heterocycles. The molecule has 0 aliphatic rings. The topological polar surface area (TPSA) is 41.5 Å². The molecule has 2 rings (SSSR count). The van der Waals surface area contributed by atoms with Crippen molar-refractivity contribution >= 4 is 18.7 Å². The summed E-state index contributed by atoms with van der Waals surface area (Å²) in [4.78, 5) is 0. The fourth-order valence-corrected chi connectivity index (χ4v) is 7.74. The standard InChI is InChI=1S/C19H27NO2Si/c1-19(2,3)23(22-16-10-15-20-21,17-11-6-4-7-12-17)18-13-8-5-9-14-18/h4-9,11-14,20-21H,10,15-16H2,1-3H3. The molecule has 2 aromatic rings. The van der Waals surface area contributed by atoms with E-state index >= 15 is 0 Å². The van der Waals surface area contributed by atoms with E-state index in [0.717, 1.165) is 6.42 Å². The molecule has 0 fully saturated rings. The van der Waals surface area contributed by atoms with Gasteiger partial charge in [-0.15, -0.1) is 0 Å². The molecular formula is C19H27NO2Si. The summed E-state index contributed by atoms with van der Waals surface area (Å²) >= 11 is 0. The summed E-state index contributed by atoms with van der Waals surface area (Å²) in [7, 11) is -2.41. The van der Waals surface area contributed by atoms with Crippen LogP contribution in [0.15, 0.2) is 60.7 Å². The van der Waals surface area contributed by atoms with Crippen LogP contribution < -0.4 is 15.9 Å². The molecule has 0 unspecified atom stereocenters. The van der Waals surface area contributed by atoms with E-state index in [0.29, 0.717) is 13.2 Å². The molecule has 124 valence electrons. The van der Waals surface area contributed by atoms with Crippen molar-refractivity contribution in [1.29, 1.82) is 0 Å². The van der Waals surface area contributed by atoms with Gasteiger partial charge in [0.05, 0.1) is 0 Å². The summed E-state index contributed by atoms with van der Waals surface area (Å²) in [5, 5.41) is 11.4. The molecule has 0 bridgehead atoms. The van der Waals surface area contributed by atoms with Crippen molar-refractivity contribution in [3.63, 3.8) is 0 Å². The van der Waals surface area contributed by atoms with E-state index in [2.05, 4.69) is 74.8 Å². The lowest BCUT2D eigenvalue weighted by atomic mass is 10.2. The third-order valence-corrected chi connectivity index (χ3v) is 9.21. The molecule has 3 nitrogen and oxygen atoms in total. The Morgan fingerprint density at radius 1 is 0.913 bits per heavy atom. The van der Waals surface area contributed by atoms with Gasteiger partial charge in [0.25, 0.3) is 8.32 Å². The first kappa shape index (κ1) is 17.9. The molecule has 2 aromatic carbocycles. The van der Waals surface area contributed by atoms with E-state index < -0.39 is 8.32 Å². The van der Waals surface area contributed by atoms with E-state index in [-0.39, 0.29) is 5.04 Å². The molecule has 0 aromatic heterocycles. The van der Waals surface area contributed by atoms with E-state index in [9.17, 15) is 0 Å². The molecule has 23 heavy (non-hydrogen) atoms. The van der Waals surface area contributed by atoms with Gasteiger partial charge in [0.2, 0.25) is 0 Å². The van der Waals surface area contributed by atoms with Crippen molar-refractivity contribution < 1.29 is 9.63 Å². The van der Waals surface area contributed by atoms with Gasteiger partial charge in [-0.1, -0.05) is 81.4 Å².